The summed E-state index contributed by atoms with van der Waals surface area (Å²) < 4.78 is 3.58. The van der Waals surface area contributed by atoms with Gasteiger partial charge in [0.15, 0.2) is 0 Å². The molecule has 1 fully saturated rings. The number of nitrogens with one attached hydrogen (secondary N) is 2. The van der Waals surface area contributed by atoms with E-state index in [1.165, 1.54) is 0 Å². The van der Waals surface area contributed by atoms with Crippen molar-refractivity contribution in [1.29, 1.82) is 0 Å². The summed E-state index contributed by atoms with van der Waals surface area (Å²) in [4.78, 5) is 13.8. The maximum Gasteiger partial charge on any atom is 0.240 e. The van der Waals surface area contributed by atoms with Gasteiger partial charge in [0.05, 0.1) is 6.54 Å². The zero-order valence-corrected chi connectivity index (χ0v) is 9.66. The molecule has 1 aliphatic heterocycles. The van der Waals surface area contributed by atoms with E-state index in [-0.39, 0.29) is 5.91 Å². The molecule has 1 aliphatic rings. The number of rotatable bonds is 3. The van der Waals surface area contributed by atoms with Gasteiger partial charge in [0.2, 0.25) is 11.0 Å². The Labute approximate surface area is 97.4 Å². The van der Waals surface area contributed by atoms with E-state index in [2.05, 4.69) is 30.3 Å². The Hall–Kier alpha value is -1.12. The number of hydrogen-bond donors (Lipinski definition) is 2. The van der Waals surface area contributed by atoms with Gasteiger partial charge in [-0.1, -0.05) is 9.59 Å². The van der Waals surface area contributed by atoms with Gasteiger partial charge < -0.3 is 5.32 Å². The molecule has 2 N–H and O–H groups in total. The lowest BCUT2D eigenvalue weighted by molar-refractivity contribution is -0.117. The van der Waals surface area contributed by atoms with Gasteiger partial charge in [0.25, 0.3) is 0 Å². The molecule has 0 atom stereocenters. The van der Waals surface area contributed by atoms with Crippen LogP contribution >= 0.6 is 11.5 Å². The van der Waals surface area contributed by atoms with Crippen LogP contribution in [0, 0.1) is 0 Å². The topological polar surface area (TPSA) is 83.0 Å². The number of carbonyl (C=O) groups is 1. The zero-order valence-electron chi connectivity index (χ0n) is 8.85. The second kappa shape index (κ2) is 5.83. The van der Waals surface area contributed by atoms with Crippen molar-refractivity contribution >= 4 is 22.6 Å². The highest BCUT2D eigenvalue weighted by Crippen LogP contribution is 2.04. The van der Waals surface area contributed by atoms with Crippen LogP contribution in [0.2, 0.25) is 0 Å². The maximum absolute atomic E-state index is 11.6. The van der Waals surface area contributed by atoms with E-state index in [0.717, 1.165) is 44.1 Å². The summed E-state index contributed by atoms with van der Waals surface area (Å²) in [6, 6.07) is 0. The van der Waals surface area contributed by atoms with Gasteiger partial charge in [-0.15, -0.1) is 0 Å². The number of aromatic nitrogens is 3. The quantitative estimate of drug-likeness (QED) is 0.719. The first-order chi connectivity index (χ1) is 7.84. The minimum Gasteiger partial charge on any atom is -0.315 e. The largest absolute Gasteiger partial charge is 0.315 e. The molecule has 2 heterocycles. The molecule has 16 heavy (non-hydrogen) atoms. The van der Waals surface area contributed by atoms with Crippen LogP contribution in [-0.2, 0) is 4.79 Å². The van der Waals surface area contributed by atoms with Crippen molar-refractivity contribution in [2.75, 3.05) is 38.0 Å². The molecule has 1 saturated heterocycles. The van der Waals surface area contributed by atoms with Gasteiger partial charge in [-0.3, -0.25) is 15.0 Å². The molecule has 0 radical (unpaired) electrons. The van der Waals surface area contributed by atoms with Crippen molar-refractivity contribution < 1.29 is 4.79 Å². The lowest BCUT2D eigenvalue weighted by Gasteiger charge is -2.17. The first-order valence-corrected chi connectivity index (χ1v) is 6.00. The molecule has 0 aliphatic carbocycles. The summed E-state index contributed by atoms with van der Waals surface area (Å²) in [6.07, 6.45) is 1.08. The van der Waals surface area contributed by atoms with E-state index >= 15 is 0 Å². The SMILES string of the molecule is O=C(CN1CCCNCC1)Nc1nnns1. The molecule has 2 rings (SSSR count). The highest BCUT2D eigenvalue weighted by atomic mass is 32.1. The summed E-state index contributed by atoms with van der Waals surface area (Å²) in [6.45, 7) is 4.23. The highest BCUT2D eigenvalue weighted by Gasteiger charge is 2.13. The van der Waals surface area contributed by atoms with Crippen LogP contribution in [0.25, 0.3) is 0 Å². The average Bonchev–Trinajstić information content (AvgIpc) is 2.62. The zero-order chi connectivity index (χ0) is 11.2. The van der Waals surface area contributed by atoms with Crippen molar-refractivity contribution in [2.45, 2.75) is 6.42 Å². The van der Waals surface area contributed by atoms with Crippen LogP contribution in [-0.4, -0.2) is 58.3 Å². The Bertz CT molecular complexity index is 321. The molecule has 0 bridgehead atoms. The predicted octanol–water partition coefficient (Wildman–Crippen LogP) is -0.833. The van der Waals surface area contributed by atoms with Crippen LogP contribution in [0.4, 0.5) is 5.13 Å². The van der Waals surface area contributed by atoms with Crippen LogP contribution < -0.4 is 10.6 Å². The number of carbonyl (C=O) groups excluding carboxylic acids is 1. The fourth-order valence-corrected chi connectivity index (χ4v) is 1.99. The third kappa shape index (κ3) is 3.47. The summed E-state index contributed by atoms with van der Waals surface area (Å²) in [5.41, 5.74) is 0. The van der Waals surface area contributed by atoms with E-state index < -0.39 is 0 Å². The fourth-order valence-electron chi connectivity index (χ4n) is 1.60. The standard InChI is InChI=1S/C8H14N6OS/c15-7(10-8-11-12-13-16-8)6-14-4-1-2-9-3-5-14/h9H,1-6H2,(H,10,11,13,15). The lowest BCUT2D eigenvalue weighted by Crippen LogP contribution is -2.35. The van der Waals surface area contributed by atoms with Gasteiger partial charge in [-0.2, -0.15) is 0 Å². The van der Waals surface area contributed by atoms with Crippen molar-refractivity contribution in [3.63, 3.8) is 0 Å². The minimum absolute atomic E-state index is 0.0551. The van der Waals surface area contributed by atoms with E-state index in [1.54, 1.807) is 0 Å². The molecule has 88 valence electrons. The van der Waals surface area contributed by atoms with Gasteiger partial charge in [0, 0.05) is 24.6 Å². The molecule has 1 aromatic rings. The maximum atomic E-state index is 11.6. The highest BCUT2D eigenvalue weighted by molar-refractivity contribution is 7.09. The monoisotopic (exact) mass is 242 g/mol. The van der Waals surface area contributed by atoms with Crippen LogP contribution in [0.1, 0.15) is 6.42 Å². The fraction of sp³-hybridized carbons (Fsp3) is 0.750. The average molecular weight is 242 g/mol. The van der Waals surface area contributed by atoms with Gasteiger partial charge in [0.1, 0.15) is 0 Å². The summed E-state index contributed by atoms with van der Waals surface area (Å²) >= 11 is 1.08. The molecule has 0 aromatic carbocycles. The molecule has 7 nitrogen and oxygen atoms in total. The number of anilines is 1. The first kappa shape index (κ1) is 11.4. The Balaban J connectivity index is 1.77. The minimum atomic E-state index is -0.0551. The normalized spacial score (nSPS) is 18.0. The molecular formula is C8H14N6OS. The van der Waals surface area contributed by atoms with Crippen molar-refractivity contribution in [3.05, 3.63) is 0 Å². The van der Waals surface area contributed by atoms with Gasteiger partial charge in [-0.05, 0) is 24.7 Å². The lowest BCUT2D eigenvalue weighted by atomic mass is 10.4. The van der Waals surface area contributed by atoms with E-state index in [1.807, 2.05) is 0 Å². The second-order valence-electron chi connectivity index (χ2n) is 3.60. The first-order valence-electron chi connectivity index (χ1n) is 5.22. The molecule has 1 aromatic heterocycles. The van der Waals surface area contributed by atoms with Crippen molar-refractivity contribution in [2.24, 2.45) is 0 Å². The summed E-state index contributed by atoms with van der Waals surface area (Å²) in [5.74, 6) is -0.0551. The van der Waals surface area contributed by atoms with Crippen molar-refractivity contribution in [3.8, 4) is 0 Å². The summed E-state index contributed by atoms with van der Waals surface area (Å²) in [7, 11) is 0. The predicted molar refractivity (Wildman–Crippen MR) is 60.3 cm³/mol. The van der Waals surface area contributed by atoms with E-state index in [9.17, 15) is 4.79 Å². The molecule has 1 amide bonds. The van der Waals surface area contributed by atoms with E-state index in [0.29, 0.717) is 11.7 Å². The van der Waals surface area contributed by atoms with Crippen LogP contribution in [0.3, 0.4) is 0 Å². The molecule has 0 saturated carbocycles. The second-order valence-corrected chi connectivity index (χ2v) is 4.33. The van der Waals surface area contributed by atoms with E-state index in [4.69, 9.17) is 0 Å². The Morgan fingerprint density at radius 1 is 1.50 bits per heavy atom. The third-order valence-electron chi connectivity index (χ3n) is 2.35. The molecule has 0 spiro atoms. The van der Waals surface area contributed by atoms with Crippen molar-refractivity contribution in [1.82, 2.24) is 25.0 Å². The summed E-state index contributed by atoms with van der Waals surface area (Å²) in [5, 5.41) is 13.5. The number of nitrogens with zero attached hydrogens (tertiary/aromatic N) is 4. The van der Waals surface area contributed by atoms with Gasteiger partial charge >= 0.3 is 0 Å². The number of amides is 1. The molecular weight excluding hydrogens is 228 g/mol. The number of hydrogen-bond acceptors (Lipinski definition) is 7. The Morgan fingerprint density at radius 3 is 3.25 bits per heavy atom. The Kier molecular flexibility index (Phi) is 4.14. The van der Waals surface area contributed by atoms with Crippen LogP contribution in [0.15, 0.2) is 0 Å². The third-order valence-corrected chi connectivity index (χ3v) is 2.86. The Morgan fingerprint density at radius 2 is 2.44 bits per heavy atom. The van der Waals surface area contributed by atoms with Gasteiger partial charge in [-0.25, -0.2) is 0 Å². The van der Waals surface area contributed by atoms with Crippen LogP contribution in [0.5, 0.6) is 0 Å². The molecule has 0 unspecified atom stereocenters. The molecule has 8 heteroatoms. The smallest absolute Gasteiger partial charge is 0.240 e.